The predicted molar refractivity (Wildman–Crippen MR) is 115 cm³/mol. The van der Waals surface area contributed by atoms with Crippen LogP contribution in [0.4, 0.5) is 0 Å². The molecule has 1 saturated carbocycles. The minimum absolute atomic E-state index is 0.0567. The lowest BCUT2D eigenvalue weighted by molar-refractivity contribution is -0.122. The lowest BCUT2D eigenvalue weighted by Gasteiger charge is -2.29. The lowest BCUT2D eigenvalue weighted by Crippen LogP contribution is -2.40. The molecule has 0 spiro atoms. The molecule has 30 heavy (non-hydrogen) atoms. The van der Waals surface area contributed by atoms with Crippen LogP contribution in [0, 0.1) is 0 Å². The van der Waals surface area contributed by atoms with Crippen molar-refractivity contribution in [1.29, 1.82) is 0 Å². The monoisotopic (exact) mass is 426 g/mol. The summed E-state index contributed by atoms with van der Waals surface area (Å²) in [6, 6.07) is 10.9. The van der Waals surface area contributed by atoms with Gasteiger partial charge in [-0.2, -0.15) is 0 Å². The van der Waals surface area contributed by atoms with Crippen molar-refractivity contribution >= 4 is 28.4 Å². The highest BCUT2D eigenvalue weighted by atomic mass is 35.5. The number of para-hydroxylation sites is 1. The van der Waals surface area contributed by atoms with Crippen molar-refractivity contribution in [3.63, 3.8) is 0 Å². The fourth-order valence-corrected chi connectivity index (χ4v) is 3.83. The van der Waals surface area contributed by atoms with Gasteiger partial charge >= 0.3 is 0 Å². The van der Waals surface area contributed by atoms with Crippen LogP contribution in [0.25, 0.3) is 10.9 Å². The number of halogens is 1. The smallest absolute Gasteiger partial charge is 0.261 e. The SMILES string of the molecule is O=C(CCn1cnc2ccccc2c1=O)NC1CCC(Oc2ccc(Cl)cn2)CC1. The second-order valence-corrected chi connectivity index (χ2v) is 7.92. The van der Waals surface area contributed by atoms with Crippen molar-refractivity contribution in [1.82, 2.24) is 19.9 Å². The van der Waals surface area contributed by atoms with Crippen LogP contribution in [-0.4, -0.2) is 32.6 Å². The standard InChI is InChI=1S/C22H23ClN4O3/c23-15-5-10-21(24-13-15)30-17-8-6-16(7-9-17)26-20(28)11-12-27-14-25-19-4-2-1-3-18(19)22(27)29/h1-5,10,13-14,16-17H,6-9,11-12H2,(H,26,28). The number of hydrogen-bond donors (Lipinski definition) is 1. The number of nitrogens with one attached hydrogen (secondary N) is 1. The second-order valence-electron chi connectivity index (χ2n) is 7.48. The Morgan fingerprint density at radius 2 is 1.93 bits per heavy atom. The number of fused-ring (bicyclic) bond motifs is 1. The van der Waals surface area contributed by atoms with E-state index in [0.29, 0.717) is 28.4 Å². The van der Waals surface area contributed by atoms with Gasteiger partial charge in [-0.05, 0) is 43.9 Å². The summed E-state index contributed by atoms with van der Waals surface area (Å²) < 4.78 is 7.38. The Kier molecular flexibility index (Phi) is 6.28. The van der Waals surface area contributed by atoms with Crippen LogP contribution < -0.4 is 15.6 Å². The molecule has 0 saturated heterocycles. The Hall–Kier alpha value is -2.93. The maximum atomic E-state index is 12.5. The number of benzene rings is 1. The average molecular weight is 427 g/mol. The molecule has 3 aromatic rings. The Labute approximate surface area is 179 Å². The van der Waals surface area contributed by atoms with Crippen LogP contribution in [0.3, 0.4) is 0 Å². The summed E-state index contributed by atoms with van der Waals surface area (Å²) in [6.45, 7) is 0.309. The van der Waals surface area contributed by atoms with E-state index in [4.69, 9.17) is 16.3 Å². The maximum Gasteiger partial charge on any atom is 0.261 e. The summed E-state index contributed by atoms with van der Waals surface area (Å²) in [6.07, 6.45) is 6.81. The van der Waals surface area contributed by atoms with Crippen molar-refractivity contribution in [3.8, 4) is 5.88 Å². The quantitative estimate of drug-likeness (QED) is 0.653. The fraction of sp³-hybridized carbons (Fsp3) is 0.364. The highest BCUT2D eigenvalue weighted by Gasteiger charge is 2.24. The van der Waals surface area contributed by atoms with Crippen molar-refractivity contribution < 1.29 is 9.53 Å². The predicted octanol–water partition coefficient (Wildman–Crippen LogP) is 3.34. The fourth-order valence-electron chi connectivity index (χ4n) is 3.71. The van der Waals surface area contributed by atoms with E-state index in [1.54, 1.807) is 30.5 Å². The van der Waals surface area contributed by atoms with Gasteiger partial charge in [-0.3, -0.25) is 14.2 Å². The van der Waals surface area contributed by atoms with Gasteiger partial charge in [0.05, 0.1) is 22.3 Å². The summed E-state index contributed by atoms with van der Waals surface area (Å²) in [4.78, 5) is 33.3. The molecule has 0 radical (unpaired) electrons. The first kappa shape index (κ1) is 20.3. The van der Waals surface area contributed by atoms with Gasteiger partial charge < -0.3 is 10.1 Å². The van der Waals surface area contributed by atoms with Crippen molar-refractivity contribution in [2.75, 3.05) is 0 Å². The van der Waals surface area contributed by atoms with Gasteiger partial charge in [-0.25, -0.2) is 9.97 Å². The number of rotatable bonds is 6. The zero-order chi connectivity index (χ0) is 20.9. The number of aromatic nitrogens is 3. The molecule has 156 valence electrons. The highest BCUT2D eigenvalue weighted by molar-refractivity contribution is 6.30. The first-order valence-corrected chi connectivity index (χ1v) is 10.5. The van der Waals surface area contributed by atoms with E-state index in [1.165, 1.54) is 10.9 Å². The summed E-state index contributed by atoms with van der Waals surface area (Å²) in [5.41, 5.74) is 0.540. The molecule has 2 aromatic heterocycles. The second kappa shape index (κ2) is 9.26. The van der Waals surface area contributed by atoms with Crippen LogP contribution in [-0.2, 0) is 11.3 Å². The van der Waals surface area contributed by atoms with Gasteiger partial charge in [-0.1, -0.05) is 23.7 Å². The topological polar surface area (TPSA) is 86.1 Å². The van der Waals surface area contributed by atoms with E-state index < -0.39 is 0 Å². The Morgan fingerprint density at radius 1 is 1.13 bits per heavy atom. The number of ether oxygens (including phenoxy) is 1. The van der Waals surface area contributed by atoms with Gasteiger partial charge in [0.2, 0.25) is 11.8 Å². The molecule has 4 rings (SSSR count). The molecule has 0 bridgehead atoms. The molecule has 7 nitrogen and oxygen atoms in total. The Morgan fingerprint density at radius 3 is 2.70 bits per heavy atom. The number of aryl methyl sites for hydroxylation is 1. The number of amides is 1. The van der Waals surface area contributed by atoms with Crippen LogP contribution >= 0.6 is 11.6 Å². The minimum atomic E-state index is -0.123. The third-order valence-electron chi connectivity index (χ3n) is 5.34. The van der Waals surface area contributed by atoms with E-state index in [0.717, 1.165) is 25.7 Å². The molecule has 8 heteroatoms. The Bertz CT molecular complexity index is 1080. The van der Waals surface area contributed by atoms with Gasteiger partial charge in [0, 0.05) is 31.3 Å². The molecule has 1 fully saturated rings. The zero-order valence-corrected chi connectivity index (χ0v) is 17.2. The number of carbonyl (C=O) groups is 1. The van der Waals surface area contributed by atoms with Gasteiger partial charge in [0.1, 0.15) is 6.10 Å². The number of pyridine rings is 1. The maximum absolute atomic E-state index is 12.5. The summed E-state index contributed by atoms with van der Waals surface area (Å²) >= 11 is 5.84. The van der Waals surface area contributed by atoms with Crippen molar-refractivity contribution in [2.24, 2.45) is 0 Å². The summed E-state index contributed by atoms with van der Waals surface area (Å²) in [5, 5.41) is 4.22. The molecule has 1 amide bonds. The van der Waals surface area contributed by atoms with Crippen LogP contribution in [0.1, 0.15) is 32.1 Å². The van der Waals surface area contributed by atoms with Crippen molar-refractivity contribution in [3.05, 3.63) is 64.3 Å². The van der Waals surface area contributed by atoms with Crippen LogP contribution in [0.5, 0.6) is 5.88 Å². The summed E-state index contributed by atoms with van der Waals surface area (Å²) in [5.74, 6) is 0.514. The summed E-state index contributed by atoms with van der Waals surface area (Å²) in [7, 11) is 0. The molecule has 0 atom stereocenters. The molecule has 1 aliphatic carbocycles. The Balaban J connectivity index is 1.24. The molecule has 2 heterocycles. The van der Waals surface area contributed by atoms with Crippen LogP contribution in [0.15, 0.2) is 53.7 Å². The molecule has 0 aliphatic heterocycles. The third kappa shape index (κ3) is 4.97. The van der Waals surface area contributed by atoms with Crippen LogP contribution in [0.2, 0.25) is 5.02 Å². The van der Waals surface area contributed by atoms with E-state index in [1.807, 2.05) is 12.1 Å². The highest BCUT2D eigenvalue weighted by Crippen LogP contribution is 2.23. The largest absolute Gasteiger partial charge is 0.474 e. The first-order chi connectivity index (χ1) is 14.6. The van der Waals surface area contributed by atoms with Gasteiger partial charge in [-0.15, -0.1) is 0 Å². The van der Waals surface area contributed by atoms with E-state index >= 15 is 0 Å². The van der Waals surface area contributed by atoms with Crippen molar-refractivity contribution in [2.45, 2.75) is 50.8 Å². The number of carbonyl (C=O) groups excluding carboxylic acids is 1. The normalized spacial score (nSPS) is 18.8. The third-order valence-corrected chi connectivity index (χ3v) is 5.56. The molecule has 1 N–H and O–H groups in total. The van der Waals surface area contributed by atoms with E-state index in [2.05, 4.69) is 15.3 Å². The first-order valence-electron chi connectivity index (χ1n) is 10.1. The molecular formula is C22H23ClN4O3. The average Bonchev–Trinajstić information content (AvgIpc) is 2.76. The minimum Gasteiger partial charge on any atom is -0.474 e. The molecule has 1 aromatic carbocycles. The lowest BCUT2D eigenvalue weighted by atomic mass is 9.93. The molecule has 1 aliphatic rings. The van der Waals surface area contributed by atoms with Gasteiger partial charge in [0.15, 0.2) is 0 Å². The zero-order valence-electron chi connectivity index (χ0n) is 16.5. The van der Waals surface area contributed by atoms with E-state index in [9.17, 15) is 9.59 Å². The molecular weight excluding hydrogens is 404 g/mol. The number of hydrogen-bond acceptors (Lipinski definition) is 5. The molecule has 0 unspecified atom stereocenters. The van der Waals surface area contributed by atoms with Gasteiger partial charge in [0.25, 0.3) is 5.56 Å². The van der Waals surface area contributed by atoms with E-state index in [-0.39, 0.29) is 30.0 Å². The number of nitrogens with zero attached hydrogens (tertiary/aromatic N) is 3.